The highest BCUT2D eigenvalue weighted by Crippen LogP contribution is 2.58. The molecule has 2 heterocycles. The van der Waals surface area contributed by atoms with Crippen molar-refractivity contribution in [2.75, 3.05) is 25.7 Å². The number of Topliss-reactive ketones (excluding diaryl/α,β-unsaturated/α-hetero) is 1. The number of ether oxygens (including phenoxy) is 3. The maximum Gasteiger partial charge on any atom is 0.324 e. The Labute approximate surface area is 246 Å². The van der Waals surface area contributed by atoms with Gasteiger partial charge in [0.1, 0.15) is 23.1 Å². The summed E-state index contributed by atoms with van der Waals surface area (Å²) in [6, 6.07) is 24.3. The predicted molar refractivity (Wildman–Crippen MR) is 163 cm³/mol. The lowest BCUT2D eigenvalue weighted by Crippen LogP contribution is -2.47. The van der Waals surface area contributed by atoms with Crippen LogP contribution in [-0.2, 0) is 14.3 Å². The van der Waals surface area contributed by atoms with Crippen LogP contribution < -0.4 is 14.8 Å². The molecule has 7 heteroatoms. The average Bonchev–Trinajstić information content (AvgIpc) is 3.31. The third-order valence-corrected chi connectivity index (χ3v) is 8.98. The van der Waals surface area contributed by atoms with Crippen LogP contribution in [0.3, 0.4) is 0 Å². The second-order valence-electron chi connectivity index (χ2n) is 11.6. The summed E-state index contributed by atoms with van der Waals surface area (Å²) in [6.45, 7) is 5.60. The lowest BCUT2D eigenvalue weighted by Gasteiger charge is -2.42. The van der Waals surface area contributed by atoms with Gasteiger partial charge in [-0.2, -0.15) is 11.8 Å². The molecule has 0 radical (unpaired) electrons. The van der Waals surface area contributed by atoms with Gasteiger partial charge in [-0.3, -0.25) is 14.9 Å². The van der Waals surface area contributed by atoms with Gasteiger partial charge in [0.05, 0.1) is 19.6 Å². The Kier molecular flexibility index (Phi) is 8.30. The van der Waals surface area contributed by atoms with E-state index in [0.29, 0.717) is 17.3 Å². The Hall–Kier alpha value is -3.55. The molecular formula is C34H37NO5S. The fourth-order valence-electron chi connectivity index (χ4n) is 6.02. The van der Waals surface area contributed by atoms with Gasteiger partial charge in [-0.15, -0.1) is 0 Å². The molecule has 214 valence electrons. The maximum atomic E-state index is 14.9. The monoisotopic (exact) mass is 571 g/mol. The zero-order valence-corrected chi connectivity index (χ0v) is 25.0. The third-order valence-electron chi connectivity index (χ3n) is 7.79. The van der Waals surface area contributed by atoms with Crippen molar-refractivity contribution in [1.29, 1.82) is 0 Å². The van der Waals surface area contributed by atoms with Crippen molar-refractivity contribution in [3.8, 4) is 11.5 Å². The molecule has 2 aliphatic rings. The van der Waals surface area contributed by atoms with Gasteiger partial charge in [0.25, 0.3) is 0 Å². The van der Waals surface area contributed by atoms with Gasteiger partial charge >= 0.3 is 5.97 Å². The number of esters is 1. The first-order valence-corrected chi connectivity index (χ1v) is 15.0. The maximum absolute atomic E-state index is 14.9. The summed E-state index contributed by atoms with van der Waals surface area (Å²) in [6.07, 6.45) is 1.98. The van der Waals surface area contributed by atoms with Gasteiger partial charge in [0.15, 0.2) is 5.78 Å². The number of thioether (sulfide) groups is 1. The normalized spacial score (nSPS) is 25.3. The van der Waals surface area contributed by atoms with Gasteiger partial charge in [0.2, 0.25) is 0 Å². The third kappa shape index (κ3) is 5.79. The van der Waals surface area contributed by atoms with Crippen LogP contribution in [0.5, 0.6) is 11.5 Å². The second kappa shape index (κ2) is 11.7. The van der Waals surface area contributed by atoms with Crippen LogP contribution in [0.25, 0.3) is 6.08 Å². The van der Waals surface area contributed by atoms with E-state index >= 15 is 0 Å². The van der Waals surface area contributed by atoms with Crippen molar-refractivity contribution < 1.29 is 23.8 Å². The summed E-state index contributed by atoms with van der Waals surface area (Å²) in [5, 5.41) is 3.61. The standard InChI is InChI=1S/C34H37NO5S/c1-33(2,3)40-32(37)29-28(23-13-17-27(39-5)18-14-23)34(30(35-29)24-9-7-6-8-10-24)21-41-20-25(31(34)36)19-22-11-15-26(38-4)16-12-22/h6-19,28-30,35H,20-21H2,1-5H3/b25-19+. The molecule has 0 amide bonds. The summed E-state index contributed by atoms with van der Waals surface area (Å²) in [5.74, 6) is 1.87. The van der Waals surface area contributed by atoms with E-state index in [1.165, 1.54) is 0 Å². The summed E-state index contributed by atoms with van der Waals surface area (Å²) in [7, 11) is 3.26. The van der Waals surface area contributed by atoms with Crippen LogP contribution in [0.2, 0.25) is 0 Å². The van der Waals surface area contributed by atoms with E-state index in [4.69, 9.17) is 14.2 Å². The van der Waals surface area contributed by atoms with Crippen LogP contribution in [0.4, 0.5) is 0 Å². The first-order chi connectivity index (χ1) is 19.7. The fourth-order valence-corrected chi connectivity index (χ4v) is 7.38. The van der Waals surface area contributed by atoms with E-state index in [1.54, 1.807) is 26.0 Å². The number of benzene rings is 3. The van der Waals surface area contributed by atoms with E-state index in [1.807, 2.05) is 106 Å². The van der Waals surface area contributed by atoms with E-state index in [0.717, 1.165) is 28.0 Å². The number of rotatable bonds is 6. The molecule has 1 spiro atoms. The predicted octanol–water partition coefficient (Wildman–Crippen LogP) is 6.23. The van der Waals surface area contributed by atoms with Crippen molar-refractivity contribution in [1.82, 2.24) is 5.32 Å². The first-order valence-electron chi connectivity index (χ1n) is 13.8. The second-order valence-corrected chi connectivity index (χ2v) is 12.6. The Bertz CT molecular complexity index is 1410. The fraction of sp³-hybridized carbons (Fsp3) is 0.353. The minimum Gasteiger partial charge on any atom is -0.497 e. The molecule has 2 aliphatic heterocycles. The number of carbonyl (C=O) groups is 2. The Morgan fingerprint density at radius 2 is 1.51 bits per heavy atom. The van der Waals surface area contributed by atoms with Crippen LogP contribution in [-0.4, -0.2) is 49.1 Å². The Morgan fingerprint density at radius 3 is 2.10 bits per heavy atom. The number of hydrogen-bond donors (Lipinski definition) is 1. The summed E-state index contributed by atoms with van der Waals surface area (Å²) in [5.41, 5.74) is 1.92. The Morgan fingerprint density at radius 1 is 0.902 bits per heavy atom. The van der Waals surface area contributed by atoms with E-state index in [-0.39, 0.29) is 11.8 Å². The largest absolute Gasteiger partial charge is 0.497 e. The highest BCUT2D eigenvalue weighted by atomic mass is 32.2. The molecular weight excluding hydrogens is 534 g/mol. The highest BCUT2D eigenvalue weighted by molar-refractivity contribution is 7.99. The highest BCUT2D eigenvalue weighted by Gasteiger charge is 2.63. The van der Waals surface area contributed by atoms with Gasteiger partial charge in [0, 0.05) is 29.0 Å². The molecule has 0 saturated carbocycles. The lowest BCUT2D eigenvalue weighted by atomic mass is 9.64. The summed E-state index contributed by atoms with van der Waals surface area (Å²) < 4.78 is 16.7. The number of hydrogen-bond acceptors (Lipinski definition) is 7. The topological polar surface area (TPSA) is 73.9 Å². The van der Waals surface area contributed by atoms with E-state index < -0.39 is 29.0 Å². The first kappa shape index (κ1) is 29.0. The Balaban J connectivity index is 1.67. The van der Waals surface area contributed by atoms with Gasteiger partial charge in [-0.25, -0.2) is 0 Å². The summed E-state index contributed by atoms with van der Waals surface area (Å²) >= 11 is 1.73. The number of methoxy groups -OCH3 is 2. The van der Waals surface area contributed by atoms with E-state index in [2.05, 4.69) is 5.32 Å². The molecule has 5 rings (SSSR count). The molecule has 41 heavy (non-hydrogen) atoms. The van der Waals surface area contributed by atoms with Crippen LogP contribution in [0.15, 0.2) is 84.4 Å². The molecule has 3 aromatic rings. The van der Waals surface area contributed by atoms with Crippen molar-refractivity contribution in [3.63, 3.8) is 0 Å². The number of ketones is 1. The van der Waals surface area contributed by atoms with Crippen molar-refractivity contribution in [2.45, 2.75) is 44.4 Å². The van der Waals surface area contributed by atoms with Crippen molar-refractivity contribution in [3.05, 3.63) is 101 Å². The van der Waals surface area contributed by atoms with Crippen molar-refractivity contribution >= 4 is 29.6 Å². The lowest BCUT2D eigenvalue weighted by molar-refractivity contribution is -0.157. The van der Waals surface area contributed by atoms with E-state index in [9.17, 15) is 9.59 Å². The SMILES string of the molecule is COc1ccc(/C=C2\CSCC3(C2=O)C(c2ccccc2)NC(C(=O)OC(C)(C)C)C3c2ccc(OC)cc2)cc1. The minimum absolute atomic E-state index is 0.0558. The quantitative estimate of drug-likeness (QED) is 0.278. The van der Waals surface area contributed by atoms with Crippen LogP contribution >= 0.6 is 11.8 Å². The molecule has 0 aliphatic carbocycles. The molecule has 4 atom stereocenters. The minimum atomic E-state index is -0.932. The van der Waals surface area contributed by atoms with Crippen molar-refractivity contribution in [2.24, 2.45) is 5.41 Å². The van der Waals surface area contributed by atoms with Gasteiger partial charge in [-0.05, 0) is 67.8 Å². The molecule has 4 unspecified atom stereocenters. The molecule has 3 aromatic carbocycles. The zero-order valence-electron chi connectivity index (χ0n) is 24.2. The van der Waals surface area contributed by atoms with Crippen LogP contribution in [0.1, 0.15) is 49.4 Å². The number of nitrogens with one attached hydrogen (secondary N) is 1. The summed E-state index contributed by atoms with van der Waals surface area (Å²) in [4.78, 5) is 28.8. The molecule has 6 nitrogen and oxygen atoms in total. The molecule has 2 fully saturated rings. The molecule has 0 aromatic heterocycles. The zero-order chi connectivity index (χ0) is 29.2. The van der Waals surface area contributed by atoms with Gasteiger partial charge in [-0.1, -0.05) is 54.6 Å². The smallest absolute Gasteiger partial charge is 0.324 e. The van der Waals surface area contributed by atoms with Crippen LogP contribution in [0, 0.1) is 5.41 Å². The molecule has 1 N–H and O–H groups in total. The molecule has 0 bridgehead atoms. The molecule has 2 saturated heterocycles. The average molecular weight is 572 g/mol. The van der Waals surface area contributed by atoms with Gasteiger partial charge < -0.3 is 14.2 Å². The number of carbonyl (C=O) groups excluding carboxylic acids is 2.